The minimum atomic E-state index is -2.01. The van der Waals surface area contributed by atoms with E-state index < -0.39 is 8.25 Å². The molecule has 0 aliphatic carbocycles. The van der Waals surface area contributed by atoms with E-state index in [2.05, 4.69) is 20.5 Å². The topological polar surface area (TPSA) is 103 Å². The van der Waals surface area contributed by atoms with E-state index in [1.54, 1.807) is 0 Å². The number of hydrogen-bond acceptors (Lipinski definition) is 9. The second-order valence-electron chi connectivity index (χ2n) is 12.6. The maximum atomic E-state index is 12.0. The molecule has 0 amide bonds. The Balaban J connectivity index is 0.854. The predicted octanol–water partition coefficient (Wildman–Crippen LogP) is 14.1. The van der Waals surface area contributed by atoms with Gasteiger partial charge >= 0.3 is 8.25 Å². The minimum Gasteiger partial charge on any atom is -0.494 e. The van der Waals surface area contributed by atoms with Crippen molar-refractivity contribution in [1.29, 1.82) is 0 Å². The summed E-state index contributed by atoms with van der Waals surface area (Å²) in [6.45, 7) is 2.41. The highest BCUT2D eigenvalue weighted by atomic mass is 31.1. The van der Waals surface area contributed by atoms with Crippen LogP contribution in [0.1, 0.15) is 89.9 Å². The van der Waals surface area contributed by atoms with Gasteiger partial charge in [-0.05, 0) is 98.5 Å². The van der Waals surface area contributed by atoms with Crippen LogP contribution in [0.25, 0.3) is 0 Å². The molecular formula is C42H54N4O5P+. The van der Waals surface area contributed by atoms with E-state index in [-0.39, 0.29) is 0 Å². The van der Waals surface area contributed by atoms with Crippen LogP contribution in [-0.2, 0) is 13.6 Å². The Morgan fingerprint density at radius 2 is 0.635 bits per heavy atom. The molecule has 0 saturated heterocycles. The first-order valence-electron chi connectivity index (χ1n) is 18.9. The zero-order valence-electron chi connectivity index (χ0n) is 30.4. The van der Waals surface area contributed by atoms with E-state index in [0.717, 1.165) is 98.5 Å². The molecule has 0 heterocycles. The van der Waals surface area contributed by atoms with Gasteiger partial charge in [0.15, 0.2) is 0 Å². The SMILES string of the molecule is O=[P+](OCCCCCCCCCOc1ccc(N=Nc2ccccc2)cc1)OCCCCCCCCCOc1ccc(N=Nc2ccccc2)cc1. The molecule has 52 heavy (non-hydrogen) atoms. The van der Waals surface area contributed by atoms with Crippen LogP contribution in [0.15, 0.2) is 130 Å². The van der Waals surface area contributed by atoms with Crippen LogP contribution in [0, 0.1) is 0 Å². The lowest BCUT2D eigenvalue weighted by atomic mass is 10.1. The van der Waals surface area contributed by atoms with Crippen LogP contribution in [-0.4, -0.2) is 26.4 Å². The van der Waals surface area contributed by atoms with E-state index >= 15 is 0 Å². The summed E-state index contributed by atoms with van der Waals surface area (Å²) in [5, 5.41) is 17.0. The van der Waals surface area contributed by atoms with Gasteiger partial charge in [-0.3, -0.25) is 0 Å². The summed E-state index contributed by atoms with van der Waals surface area (Å²) in [7, 11) is -2.01. The zero-order chi connectivity index (χ0) is 36.2. The first-order chi connectivity index (χ1) is 25.7. The molecule has 4 rings (SSSR count). The van der Waals surface area contributed by atoms with Gasteiger partial charge in [-0.2, -0.15) is 20.5 Å². The number of hydrogen-bond donors (Lipinski definition) is 0. The van der Waals surface area contributed by atoms with Gasteiger partial charge in [0.1, 0.15) is 24.7 Å². The third-order valence-corrected chi connectivity index (χ3v) is 9.04. The molecule has 0 atom stereocenters. The lowest BCUT2D eigenvalue weighted by Crippen LogP contribution is -1.97. The van der Waals surface area contributed by atoms with Crippen LogP contribution in [0.2, 0.25) is 0 Å². The Kier molecular flexibility index (Phi) is 20.6. The summed E-state index contributed by atoms with van der Waals surface area (Å²) < 4.78 is 34.5. The first-order valence-corrected chi connectivity index (χ1v) is 20.0. The lowest BCUT2D eigenvalue weighted by Gasteiger charge is -2.06. The first kappa shape index (κ1) is 40.5. The van der Waals surface area contributed by atoms with E-state index in [9.17, 15) is 4.57 Å². The molecule has 0 aliphatic rings. The Bertz CT molecular complexity index is 1440. The fourth-order valence-electron chi connectivity index (χ4n) is 5.31. The average molecular weight is 726 g/mol. The standard InChI is InChI=1S/C42H54N4O5P/c47-52(50-35-19-9-5-1-3-7-17-33-48-41-29-25-39(26-30-41)45-43-37-21-13-11-14-22-37)51-36-20-10-6-2-4-8-18-34-49-42-31-27-40(28-32-42)46-44-38-23-15-12-16-24-38/h11-16,21-32H,1-10,17-20,33-36H2/q+1. The van der Waals surface area contributed by atoms with Crippen LogP contribution >= 0.6 is 8.25 Å². The number of benzene rings is 4. The number of nitrogens with zero attached hydrogens (tertiary/aromatic N) is 4. The Morgan fingerprint density at radius 3 is 0.981 bits per heavy atom. The highest BCUT2D eigenvalue weighted by molar-refractivity contribution is 7.33. The molecule has 0 bridgehead atoms. The predicted molar refractivity (Wildman–Crippen MR) is 209 cm³/mol. The third kappa shape index (κ3) is 18.8. The largest absolute Gasteiger partial charge is 0.697 e. The zero-order valence-corrected chi connectivity index (χ0v) is 31.3. The molecule has 0 unspecified atom stereocenters. The van der Waals surface area contributed by atoms with Crippen molar-refractivity contribution >= 4 is 31.0 Å². The normalized spacial score (nSPS) is 11.7. The smallest absolute Gasteiger partial charge is 0.494 e. The monoisotopic (exact) mass is 725 g/mol. The molecule has 0 saturated carbocycles. The van der Waals surface area contributed by atoms with Gasteiger partial charge in [-0.1, -0.05) is 101 Å². The molecule has 0 radical (unpaired) electrons. The van der Waals surface area contributed by atoms with Gasteiger partial charge in [0.05, 0.1) is 36.0 Å². The van der Waals surface area contributed by atoms with Crippen molar-refractivity contribution in [2.24, 2.45) is 20.5 Å². The summed E-state index contributed by atoms with van der Waals surface area (Å²) in [4.78, 5) is 0. The van der Waals surface area contributed by atoms with Crippen molar-refractivity contribution in [3.63, 3.8) is 0 Å². The van der Waals surface area contributed by atoms with E-state index in [1.165, 1.54) is 25.7 Å². The van der Waals surface area contributed by atoms with E-state index in [0.29, 0.717) is 26.4 Å². The maximum absolute atomic E-state index is 12.0. The van der Waals surface area contributed by atoms with Crippen LogP contribution < -0.4 is 9.47 Å². The maximum Gasteiger partial charge on any atom is 0.697 e. The van der Waals surface area contributed by atoms with Crippen molar-refractivity contribution in [2.75, 3.05) is 26.4 Å². The molecule has 276 valence electrons. The molecular weight excluding hydrogens is 671 g/mol. The number of rotatable bonds is 28. The molecule has 4 aromatic carbocycles. The van der Waals surface area contributed by atoms with Gasteiger partial charge in [-0.25, -0.2) is 0 Å². The Labute approximate surface area is 310 Å². The number of unbranched alkanes of at least 4 members (excludes halogenated alkanes) is 12. The fraction of sp³-hybridized carbons (Fsp3) is 0.429. The van der Waals surface area contributed by atoms with Gasteiger partial charge in [0.2, 0.25) is 0 Å². The highest BCUT2D eigenvalue weighted by Gasteiger charge is 2.19. The molecule has 0 fully saturated rings. The van der Waals surface area contributed by atoms with Crippen molar-refractivity contribution in [2.45, 2.75) is 89.9 Å². The van der Waals surface area contributed by atoms with Crippen molar-refractivity contribution in [1.82, 2.24) is 0 Å². The Morgan fingerprint density at radius 1 is 0.346 bits per heavy atom. The molecule has 0 N–H and O–H groups in total. The molecule has 4 aromatic rings. The van der Waals surface area contributed by atoms with Crippen molar-refractivity contribution in [3.05, 3.63) is 109 Å². The van der Waals surface area contributed by atoms with Crippen LogP contribution in [0.3, 0.4) is 0 Å². The van der Waals surface area contributed by atoms with Gasteiger partial charge in [-0.15, -0.1) is 9.05 Å². The number of ether oxygens (including phenoxy) is 2. The quantitative estimate of drug-likeness (QED) is 0.0329. The minimum absolute atomic E-state index is 0.491. The molecule has 9 nitrogen and oxygen atoms in total. The highest BCUT2D eigenvalue weighted by Crippen LogP contribution is 2.26. The summed E-state index contributed by atoms with van der Waals surface area (Å²) in [6.07, 6.45) is 15.4. The van der Waals surface area contributed by atoms with Gasteiger partial charge in [0.25, 0.3) is 0 Å². The van der Waals surface area contributed by atoms with Crippen LogP contribution in [0.5, 0.6) is 11.5 Å². The Hall–Kier alpha value is -4.30. The summed E-state index contributed by atoms with van der Waals surface area (Å²) in [5.74, 6) is 1.71. The second kappa shape index (κ2) is 26.5. The average Bonchev–Trinajstić information content (AvgIpc) is 3.19. The van der Waals surface area contributed by atoms with Crippen molar-refractivity contribution < 1.29 is 23.1 Å². The van der Waals surface area contributed by atoms with E-state index in [1.807, 2.05) is 109 Å². The molecule has 0 aromatic heterocycles. The lowest BCUT2D eigenvalue weighted by molar-refractivity contribution is 0.218. The molecule has 10 heteroatoms. The fourth-order valence-corrected chi connectivity index (χ4v) is 5.94. The summed E-state index contributed by atoms with van der Waals surface area (Å²) in [5.41, 5.74) is 3.27. The number of azo groups is 2. The third-order valence-electron chi connectivity index (χ3n) is 8.26. The molecule has 0 spiro atoms. The van der Waals surface area contributed by atoms with Gasteiger partial charge < -0.3 is 9.47 Å². The second-order valence-corrected chi connectivity index (χ2v) is 13.6. The van der Waals surface area contributed by atoms with Gasteiger partial charge in [0, 0.05) is 4.57 Å². The van der Waals surface area contributed by atoms with Crippen molar-refractivity contribution in [3.8, 4) is 11.5 Å². The van der Waals surface area contributed by atoms with Crippen LogP contribution in [0.4, 0.5) is 22.7 Å². The summed E-state index contributed by atoms with van der Waals surface area (Å²) in [6, 6.07) is 34.8. The summed E-state index contributed by atoms with van der Waals surface area (Å²) >= 11 is 0. The molecule has 0 aliphatic heterocycles. The van der Waals surface area contributed by atoms with E-state index in [4.69, 9.17) is 18.5 Å².